The van der Waals surface area contributed by atoms with Gasteiger partial charge in [0, 0.05) is 6.42 Å². The lowest BCUT2D eigenvalue weighted by Crippen LogP contribution is -2.30. The van der Waals surface area contributed by atoms with Crippen molar-refractivity contribution in [2.24, 2.45) is 0 Å². The number of carbonyl (C=O) groups excluding carboxylic acids is 2. The number of aryl methyl sites for hydroxylation is 2. The first kappa shape index (κ1) is 18.0. The molecule has 0 bridgehead atoms. The predicted molar refractivity (Wildman–Crippen MR) is 107 cm³/mol. The monoisotopic (exact) mass is 382 g/mol. The van der Waals surface area contributed by atoms with E-state index in [0.717, 1.165) is 29.7 Å². The summed E-state index contributed by atoms with van der Waals surface area (Å²) in [6.45, 7) is 4.18. The number of fused-ring (bicyclic) bond motifs is 1. The van der Waals surface area contributed by atoms with E-state index in [1.54, 1.807) is 9.34 Å². The van der Waals surface area contributed by atoms with Crippen molar-refractivity contribution >= 4 is 26.0 Å². The fraction of sp³-hybridized carbons (Fsp3) is 0.333. The molecule has 2 aromatic carbocycles. The lowest BCUT2D eigenvalue weighted by atomic mass is 10.0. The summed E-state index contributed by atoms with van der Waals surface area (Å²) < 4.78 is 9.74. The van der Waals surface area contributed by atoms with Crippen LogP contribution in [0.5, 0.6) is 5.75 Å². The van der Waals surface area contributed by atoms with E-state index in [1.165, 1.54) is 0 Å². The van der Waals surface area contributed by atoms with Gasteiger partial charge in [-0.3, -0.25) is 14.3 Å². The molecule has 0 saturated carbocycles. The van der Waals surface area contributed by atoms with Gasteiger partial charge in [0.25, 0.3) is 5.91 Å². The Morgan fingerprint density at radius 3 is 2.30 bits per heavy atom. The van der Waals surface area contributed by atoms with Crippen LogP contribution in [0.1, 0.15) is 37.8 Å². The lowest BCUT2D eigenvalue weighted by molar-refractivity contribution is -0.127. The number of anilines is 1. The summed E-state index contributed by atoms with van der Waals surface area (Å²) in [6, 6.07) is 15.2. The number of hydrogen-bond donors (Lipinski definition) is 0. The highest BCUT2D eigenvalue weighted by molar-refractivity contribution is 7.55. The lowest BCUT2D eigenvalue weighted by Gasteiger charge is -2.29. The molecule has 2 amide bonds. The molecule has 5 nitrogen and oxygen atoms in total. The van der Waals surface area contributed by atoms with Gasteiger partial charge in [0.1, 0.15) is 11.8 Å². The predicted octanol–water partition coefficient (Wildman–Crippen LogP) is 4.45. The summed E-state index contributed by atoms with van der Waals surface area (Å²) in [5, 5.41) is 0. The number of hydrogen-bond acceptors (Lipinski definition) is 3. The van der Waals surface area contributed by atoms with Crippen LogP contribution in [-0.2, 0) is 22.4 Å². The molecule has 2 aliphatic rings. The summed E-state index contributed by atoms with van der Waals surface area (Å²) in [5.74, 6) is 0.664. The van der Waals surface area contributed by atoms with Gasteiger partial charge in [-0.15, -0.1) is 0 Å². The van der Waals surface area contributed by atoms with Crippen LogP contribution in [0.25, 0.3) is 0 Å². The van der Waals surface area contributed by atoms with Gasteiger partial charge >= 0.3 is 8.45 Å². The molecule has 2 aromatic rings. The topological polar surface area (TPSA) is 49.9 Å². The first-order chi connectivity index (χ1) is 13.2. The molecular formula is C21H23N2O3P. The Morgan fingerprint density at radius 1 is 1.00 bits per heavy atom. The molecule has 2 saturated heterocycles. The highest BCUT2D eigenvalue weighted by atomic mass is 31.2. The maximum atomic E-state index is 13.3. The Bertz CT molecular complexity index is 849. The molecule has 2 fully saturated rings. The molecule has 140 valence electrons. The second-order valence-electron chi connectivity index (χ2n) is 6.73. The van der Waals surface area contributed by atoms with E-state index in [2.05, 4.69) is 26.0 Å². The van der Waals surface area contributed by atoms with Crippen molar-refractivity contribution in [3.8, 4) is 5.75 Å². The molecule has 27 heavy (non-hydrogen) atoms. The number of para-hydroxylation sites is 2. The summed E-state index contributed by atoms with van der Waals surface area (Å²) >= 11 is 0. The van der Waals surface area contributed by atoms with Gasteiger partial charge in [-0.1, -0.05) is 50.2 Å². The van der Waals surface area contributed by atoms with Crippen LogP contribution in [-0.4, -0.2) is 22.5 Å². The van der Waals surface area contributed by atoms with E-state index in [0.29, 0.717) is 18.6 Å². The van der Waals surface area contributed by atoms with Gasteiger partial charge in [0.2, 0.25) is 5.91 Å². The van der Waals surface area contributed by atoms with Crippen LogP contribution >= 0.6 is 8.45 Å². The summed E-state index contributed by atoms with van der Waals surface area (Å²) in [6.07, 6.45) is 2.62. The van der Waals surface area contributed by atoms with E-state index in [9.17, 15) is 9.59 Å². The summed E-state index contributed by atoms with van der Waals surface area (Å²) in [5.41, 5.74) is 3.15. The van der Waals surface area contributed by atoms with Crippen LogP contribution in [0, 0.1) is 0 Å². The third-order valence-electron chi connectivity index (χ3n) is 5.14. The number of rotatable bonds is 5. The molecular weight excluding hydrogens is 359 g/mol. The van der Waals surface area contributed by atoms with Crippen LogP contribution in [0.15, 0.2) is 48.5 Å². The first-order valence-electron chi connectivity index (χ1n) is 9.45. The van der Waals surface area contributed by atoms with Crippen LogP contribution in [0.4, 0.5) is 5.69 Å². The minimum atomic E-state index is -1.56. The number of amides is 2. The minimum Gasteiger partial charge on any atom is -0.436 e. The van der Waals surface area contributed by atoms with Crippen molar-refractivity contribution in [1.29, 1.82) is 0 Å². The number of nitrogens with zero attached hydrogens (tertiary/aromatic N) is 2. The van der Waals surface area contributed by atoms with E-state index in [-0.39, 0.29) is 11.8 Å². The molecule has 0 aromatic heterocycles. The second kappa shape index (κ2) is 7.32. The Morgan fingerprint density at radius 2 is 1.67 bits per heavy atom. The Labute approximate surface area is 160 Å². The minimum absolute atomic E-state index is 0.00456. The molecule has 2 aliphatic heterocycles. The molecule has 0 spiro atoms. The van der Waals surface area contributed by atoms with Crippen molar-refractivity contribution in [2.75, 3.05) is 4.67 Å². The molecule has 4 rings (SSSR count). The molecule has 2 atom stereocenters. The maximum absolute atomic E-state index is 13.3. The van der Waals surface area contributed by atoms with Gasteiger partial charge in [-0.25, -0.2) is 4.67 Å². The van der Waals surface area contributed by atoms with Crippen LogP contribution in [0.2, 0.25) is 0 Å². The van der Waals surface area contributed by atoms with E-state index in [4.69, 9.17) is 4.52 Å². The fourth-order valence-electron chi connectivity index (χ4n) is 3.78. The fourth-order valence-corrected chi connectivity index (χ4v) is 5.92. The highest BCUT2D eigenvalue weighted by Gasteiger charge is 2.55. The number of benzene rings is 2. The van der Waals surface area contributed by atoms with Gasteiger partial charge < -0.3 is 4.52 Å². The molecule has 0 N–H and O–H groups in total. The van der Waals surface area contributed by atoms with Crippen LogP contribution < -0.4 is 9.19 Å². The third-order valence-corrected chi connectivity index (χ3v) is 7.12. The van der Waals surface area contributed by atoms with Crippen molar-refractivity contribution in [2.45, 2.75) is 45.6 Å². The zero-order valence-corrected chi connectivity index (χ0v) is 16.5. The van der Waals surface area contributed by atoms with E-state index in [1.807, 2.05) is 36.4 Å². The van der Waals surface area contributed by atoms with Gasteiger partial charge in [-0.05, 0) is 42.5 Å². The molecule has 6 heteroatoms. The SMILES string of the molecule is CCc1cccc(CC)c1N1C(=O)[C@@H]2CCC(=O)N2[P@]1Oc1ccccc1. The average molecular weight is 382 g/mol. The molecule has 0 unspecified atom stereocenters. The van der Waals surface area contributed by atoms with Gasteiger partial charge in [0.15, 0.2) is 0 Å². The smallest absolute Gasteiger partial charge is 0.320 e. The Balaban J connectivity index is 1.82. The highest BCUT2D eigenvalue weighted by Crippen LogP contribution is 2.58. The summed E-state index contributed by atoms with van der Waals surface area (Å²) in [7, 11) is -1.56. The summed E-state index contributed by atoms with van der Waals surface area (Å²) in [4.78, 5) is 25.9. The molecule has 0 aliphatic carbocycles. The van der Waals surface area contributed by atoms with Crippen molar-refractivity contribution in [3.63, 3.8) is 0 Å². The van der Waals surface area contributed by atoms with E-state index < -0.39 is 14.5 Å². The molecule has 2 heterocycles. The zero-order chi connectivity index (χ0) is 19.0. The van der Waals surface area contributed by atoms with Crippen molar-refractivity contribution < 1.29 is 14.1 Å². The Hall–Kier alpha value is -2.39. The zero-order valence-electron chi connectivity index (χ0n) is 15.6. The molecule has 0 radical (unpaired) electrons. The standard InChI is InChI=1S/C21H23N2O3P/c1-3-15-9-8-10-16(4-2)20(15)23-21(25)18-13-14-19(24)22(18)27(23)26-17-11-6-5-7-12-17/h5-12,18H,3-4,13-14H2,1-2H3/t18-,27-/m0/s1. The quantitative estimate of drug-likeness (QED) is 0.718. The van der Waals surface area contributed by atoms with Crippen molar-refractivity contribution in [1.82, 2.24) is 4.67 Å². The largest absolute Gasteiger partial charge is 0.436 e. The maximum Gasteiger partial charge on any atom is 0.320 e. The Kier molecular flexibility index (Phi) is 4.88. The third kappa shape index (κ3) is 3.00. The first-order valence-corrected chi connectivity index (χ1v) is 10.6. The van der Waals surface area contributed by atoms with Crippen LogP contribution in [0.3, 0.4) is 0 Å². The normalized spacial score (nSPS) is 21.7. The van der Waals surface area contributed by atoms with Gasteiger partial charge in [0.05, 0.1) is 5.69 Å². The van der Waals surface area contributed by atoms with Gasteiger partial charge in [-0.2, -0.15) is 0 Å². The van der Waals surface area contributed by atoms with E-state index >= 15 is 0 Å². The second-order valence-corrected chi connectivity index (χ2v) is 8.25. The average Bonchev–Trinajstić information content (AvgIpc) is 3.21. The van der Waals surface area contributed by atoms with Crippen molar-refractivity contribution in [3.05, 3.63) is 59.7 Å². The number of carbonyl (C=O) groups is 2.